The molecular formula is C27H22F6N4O2S. The third-order valence-corrected chi connectivity index (χ3v) is 6.78. The third kappa shape index (κ3) is 7.79. The average molecular weight is 581 g/mol. The normalized spacial score (nSPS) is 12.7. The van der Waals surface area contributed by atoms with E-state index in [1.807, 2.05) is 25.1 Å². The summed E-state index contributed by atoms with van der Waals surface area (Å²) in [4.78, 5) is 19.8. The van der Waals surface area contributed by atoms with Crippen LogP contribution in [0.5, 0.6) is 5.75 Å². The molecule has 1 amide bonds. The molecule has 6 nitrogen and oxygen atoms in total. The van der Waals surface area contributed by atoms with Crippen LogP contribution in [-0.2, 0) is 19.3 Å². The van der Waals surface area contributed by atoms with Crippen molar-refractivity contribution in [3.8, 4) is 16.3 Å². The van der Waals surface area contributed by atoms with E-state index >= 15 is 0 Å². The summed E-state index contributed by atoms with van der Waals surface area (Å²) in [6, 6.07) is 15.3. The second-order valence-corrected chi connectivity index (χ2v) is 9.65. The molecule has 2 aromatic carbocycles. The molecule has 0 saturated heterocycles. The van der Waals surface area contributed by atoms with Crippen molar-refractivity contribution in [2.75, 3.05) is 0 Å². The van der Waals surface area contributed by atoms with E-state index < -0.39 is 34.8 Å². The van der Waals surface area contributed by atoms with Crippen LogP contribution in [0.25, 0.3) is 10.6 Å². The molecule has 0 fully saturated rings. The molecule has 210 valence electrons. The van der Waals surface area contributed by atoms with Crippen molar-refractivity contribution in [3.05, 3.63) is 100 Å². The van der Waals surface area contributed by atoms with Crippen LogP contribution in [0.1, 0.15) is 45.0 Å². The molecule has 0 bridgehead atoms. The zero-order valence-electron chi connectivity index (χ0n) is 20.8. The highest BCUT2D eigenvalue weighted by molar-refractivity contribution is 7.17. The van der Waals surface area contributed by atoms with Gasteiger partial charge in [-0.1, -0.05) is 30.3 Å². The molecule has 0 aliphatic heterocycles. The first kappa shape index (κ1) is 29.0. The van der Waals surface area contributed by atoms with Crippen molar-refractivity contribution < 1.29 is 35.9 Å². The summed E-state index contributed by atoms with van der Waals surface area (Å²) in [5.74, 6) is -1.57. The predicted molar refractivity (Wildman–Crippen MR) is 136 cm³/mol. The van der Waals surface area contributed by atoms with Crippen molar-refractivity contribution >= 4 is 17.2 Å². The molecule has 0 spiro atoms. The third-order valence-electron chi connectivity index (χ3n) is 5.68. The zero-order valence-corrected chi connectivity index (χ0v) is 21.6. The summed E-state index contributed by atoms with van der Waals surface area (Å²) in [6.07, 6.45) is -6.45. The SMILES string of the molecule is CC(NCc1cccc(-c2nc(C(F)(F)F)c(C(=O)NCc3cccc(OC(F)(F)F)c3)s2)c1)c1ccncc1. The van der Waals surface area contributed by atoms with Crippen LogP contribution >= 0.6 is 11.3 Å². The summed E-state index contributed by atoms with van der Waals surface area (Å²) in [7, 11) is 0. The maximum Gasteiger partial charge on any atom is 0.573 e. The number of pyridine rings is 1. The first-order chi connectivity index (χ1) is 18.9. The number of alkyl halides is 6. The van der Waals surface area contributed by atoms with Crippen LogP contribution in [0.15, 0.2) is 73.1 Å². The fraction of sp³-hybridized carbons (Fsp3) is 0.222. The van der Waals surface area contributed by atoms with Gasteiger partial charge in [0.15, 0.2) is 5.69 Å². The summed E-state index contributed by atoms with van der Waals surface area (Å²) in [5.41, 5.74) is 1.09. The van der Waals surface area contributed by atoms with Crippen molar-refractivity contribution in [1.82, 2.24) is 20.6 Å². The van der Waals surface area contributed by atoms with E-state index in [1.54, 1.807) is 30.6 Å². The van der Waals surface area contributed by atoms with Gasteiger partial charge in [0.2, 0.25) is 0 Å². The Morgan fingerprint density at radius 3 is 2.30 bits per heavy atom. The lowest BCUT2D eigenvalue weighted by Crippen LogP contribution is -2.25. The Morgan fingerprint density at radius 2 is 1.62 bits per heavy atom. The number of benzene rings is 2. The van der Waals surface area contributed by atoms with Gasteiger partial charge in [-0.25, -0.2) is 4.98 Å². The average Bonchev–Trinajstić information content (AvgIpc) is 3.37. The standard InChI is InChI=1S/C27H22F6N4O2S/c1-16(19-8-10-34-11-9-19)35-14-17-4-2-6-20(12-17)25-37-23(26(28,29)30)22(40-25)24(38)36-15-18-5-3-7-21(13-18)39-27(31,32)33/h2-13,16,35H,14-15H2,1H3,(H,36,38). The molecular weight excluding hydrogens is 558 g/mol. The monoisotopic (exact) mass is 580 g/mol. The van der Waals surface area contributed by atoms with E-state index in [0.29, 0.717) is 23.4 Å². The molecule has 1 atom stereocenters. The fourth-order valence-electron chi connectivity index (χ4n) is 3.76. The van der Waals surface area contributed by atoms with E-state index in [1.165, 1.54) is 12.1 Å². The topological polar surface area (TPSA) is 76.1 Å². The van der Waals surface area contributed by atoms with Gasteiger partial charge in [-0.2, -0.15) is 13.2 Å². The van der Waals surface area contributed by atoms with Crippen molar-refractivity contribution in [2.45, 2.75) is 38.6 Å². The van der Waals surface area contributed by atoms with E-state index in [0.717, 1.165) is 23.3 Å². The lowest BCUT2D eigenvalue weighted by Gasteiger charge is -2.14. The number of aromatic nitrogens is 2. The second-order valence-electron chi connectivity index (χ2n) is 8.66. The molecule has 4 aromatic rings. The highest BCUT2D eigenvalue weighted by Gasteiger charge is 2.40. The van der Waals surface area contributed by atoms with Gasteiger partial charge in [-0.3, -0.25) is 9.78 Å². The van der Waals surface area contributed by atoms with Crippen LogP contribution in [-0.4, -0.2) is 22.2 Å². The summed E-state index contributed by atoms with van der Waals surface area (Å²) < 4.78 is 82.6. The second kappa shape index (κ2) is 12.0. The number of nitrogens with one attached hydrogen (secondary N) is 2. The van der Waals surface area contributed by atoms with Gasteiger partial charge in [-0.15, -0.1) is 24.5 Å². The van der Waals surface area contributed by atoms with Gasteiger partial charge in [0.1, 0.15) is 15.6 Å². The van der Waals surface area contributed by atoms with Gasteiger partial charge >= 0.3 is 12.5 Å². The van der Waals surface area contributed by atoms with Crippen LogP contribution < -0.4 is 15.4 Å². The highest BCUT2D eigenvalue weighted by atomic mass is 32.1. The number of carbonyl (C=O) groups is 1. The molecule has 1 unspecified atom stereocenters. The van der Waals surface area contributed by atoms with E-state index in [-0.39, 0.29) is 23.2 Å². The molecule has 0 aliphatic carbocycles. The molecule has 40 heavy (non-hydrogen) atoms. The smallest absolute Gasteiger partial charge is 0.406 e. The van der Waals surface area contributed by atoms with Gasteiger partial charge in [0, 0.05) is 37.1 Å². The molecule has 2 aromatic heterocycles. The number of nitrogens with zero attached hydrogens (tertiary/aromatic N) is 2. The Bertz CT molecular complexity index is 1460. The van der Waals surface area contributed by atoms with Gasteiger partial charge in [0.05, 0.1) is 0 Å². The van der Waals surface area contributed by atoms with E-state index in [4.69, 9.17) is 0 Å². The molecule has 2 heterocycles. The maximum atomic E-state index is 13.8. The van der Waals surface area contributed by atoms with Crippen molar-refractivity contribution in [1.29, 1.82) is 0 Å². The van der Waals surface area contributed by atoms with Crippen LogP contribution in [0.3, 0.4) is 0 Å². The summed E-state index contributed by atoms with van der Waals surface area (Å²) in [6.45, 7) is 2.08. The quantitative estimate of drug-likeness (QED) is 0.211. The zero-order chi connectivity index (χ0) is 28.9. The van der Waals surface area contributed by atoms with E-state index in [2.05, 4.69) is 25.3 Å². The number of ether oxygens (including phenoxy) is 1. The highest BCUT2D eigenvalue weighted by Crippen LogP contribution is 2.38. The molecule has 13 heteroatoms. The Balaban J connectivity index is 1.50. The lowest BCUT2D eigenvalue weighted by molar-refractivity contribution is -0.274. The van der Waals surface area contributed by atoms with E-state index in [9.17, 15) is 31.1 Å². The van der Waals surface area contributed by atoms with Gasteiger partial charge in [-0.05, 0) is 53.9 Å². The van der Waals surface area contributed by atoms with Crippen LogP contribution in [0.4, 0.5) is 26.3 Å². The van der Waals surface area contributed by atoms with Crippen molar-refractivity contribution in [3.63, 3.8) is 0 Å². The minimum absolute atomic E-state index is 0.000585. The minimum Gasteiger partial charge on any atom is -0.406 e. The maximum absolute atomic E-state index is 13.8. The number of halogens is 6. The predicted octanol–water partition coefficient (Wildman–Crippen LogP) is 6.90. The Morgan fingerprint density at radius 1 is 0.950 bits per heavy atom. The number of hydrogen-bond acceptors (Lipinski definition) is 6. The van der Waals surface area contributed by atoms with Crippen molar-refractivity contribution in [2.24, 2.45) is 0 Å². The number of amides is 1. The molecule has 4 rings (SSSR count). The summed E-state index contributed by atoms with van der Waals surface area (Å²) in [5, 5.41) is 5.67. The summed E-state index contributed by atoms with van der Waals surface area (Å²) >= 11 is 0.580. The minimum atomic E-state index is -4.91. The lowest BCUT2D eigenvalue weighted by atomic mass is 10.1. The number of thiazole rings is 1. The molecule has 0 radical (unpaired) electrons. The van der Waals surface area contributed by atoms with Gasteiger partial charge < -0.3 is 15.4 Å². The Hall–Kier alpha value is -3.97. The largest absolute Gasteiger partial charge is 0.573 e. The van der Waals surface area contributed by atoms with Crippen LogP contribution in [0, 0.1) is 0 Å². The fourth-order valence-corrected chi connectivity index (χ4v) is 4.76. The number of hydrogen-bond donors (Lipinski definition) is 2. The molecule has 2 N–H and O–H groups in total. The first-order valence-corrected chi connectivity index (χ1v) is 12.6. The molecule has 0 aliphatic rings. The Labute approximate surface area is 229 Å². The van der Waals surface area contributed by atoms with Gasteiger partial charge in [0.25, 0.3) is 5.91 Å². The Kier molecular flexibility index (Phi) is 8.74. The number of rotatable bonds is 9. The first-order valence-electron chi connectivity index (χ1n) is 11.8. The molecule has 0 saturated carbocycles. The van der Waals surface area contributed by atoms with Crippen LogP contribution in [0.2, 0.25) is 0 Å². The number of carbonyl (C=O) groups excluding carboxylic acids is 1.